The van der Waals surface area contributed by atoms with Crippen molar-refractivity contribution < 1.29 is 9.47 Å². The number of halogens is 2. The fraction of sp³-hybridized carbons (Fsp3) is 0.214. The Morgan fingerprint density at radius 2 is 1.90 bits per heavy atom. The molecular weight excluding hydrogens is 299 g/mol. The molecule has 1 aromatic heterocycles. The van der Waals surface area contributed by atoms with Gasteiger partial charge in [0.1, 0.15) is 10.8 Å². The third-order valence-corrected chi connectivity index (χ3v) is 3.14. The Morgan fingerprint density at radius 1 is 1.15 bits per heavy atom. The van der Waals surface area contributed by atoms with Crippen LogP contribution in [0.15, 0.2) is 30.3 Å². The summed E-state index contributed by atoms with van der Waals surface area (Å²) in [5.41, 5.74) is 6.24. The zero-order valence-electron chi connectivity index (χ0n) is 11.1. The Hall–Kier alpha value is -1.65. The summed E-state index contributed by atoms with van der Waals surface area (Å²) in [5, 5.41) is 0.748. The van der Waals surface area contributed by atoms with Crippen LogP contribution in [-0.2, 0) is 0 Å². The highest BCUT2D eigenvalue weighted by molar-refractivity contribution is 6.42. The largest absolute Gasteiger partial charge is 0.473 e. The SMILES string of the molecule is CC(C)Oc1nc(Oc2cccc(Cl)c2Cl)ccc1N. The summed E-state index contributed by atoms with van der Waals surface area (Å²) in [5.74, 6) is 1.08. The molecule has 6 heteroatoms. The van der Waals surface area contributed by atoms with Gasteiger partial charge in [-0.25, -0.2) is 0 Å². The van der Waals surface area contributed by atoms with Crippen molar-refractivity contribution in [3.63, 3.8) is 0 Å². The summed E-state index contributed by atoms with van der Waals surface area (Å²) < 4.78 is 11.1. The van der Waals surface area contributed by atoms with Crippen molar-refractivity contribution in [3.8, 4) is 17.5 Å². The maximum Gasteiger partial charge on any atom is 0.240 e. The number of aromatic nitrogens is 1. The molecular formula is C14H14Cl2N2O2. The van der Waals surface area contributed by atoms with Crippen molar-refractivity contribution in [2.45, 2.75) is 20.0 Å². The van der Waals surface area contributed by atoms with Crippen LogP contribution in [0.4, 0.5) is 5.69 Å². The van der Waals surface area contributed by atoms with E-state index in [0.717, 1.165) is 0 Å². The van der Waals surface area contributed by atoms with Crippen molar-refractivity contribution in [2.75, 3.05) is 5.73 Å². The maximum atomic E-state index is 6.06. The van der Waals surface area contributed by atoms with Crippen molar-refractivity contribution in [2.24, 2.45) is 0 Å². The first kappa shape index (κ1) is 14.8. The van der Waals surface area contributed by atoms with Crippen LogP contribution < -0.4 is 15.2 Å². The summed E-state index contributed by atoms with van der Waals surface area (Å²) in [6.45, 7) is 3.78. The van der Waals surface area contributed by atoms with Crippen molar-refractivity contribution in [1.82, 2.24) is 4.98 Å². The van der Waals surface area contributed by atoms with Gasteiger partial charge in [-0.3, -0.25) is 0 Å². The molecule has 0 atom stereocenters. The number of nitrogens with two attached hydrogens (primary N) is 1. The summed E-state index contributed by atoms with van der Waals surface area (Å²) >= 11 is 12.0. The van der Waals surface area contributed by atoms with E-state index in [4.69, 9.17) is 38.4 Å². The monoisotopic (exact) mass is 312 g/mol. The van der Waals surface area contributed by atoms with Crippen LogP contribution in [0.25, 0.3) is 0 Å². The van der Waals surface area contributed by atoms with Crippen LogP contribution in [0.5, 0.6) is 17.5 Å². The molecule has 0 unspecified atom stereocenters. The lowest BCUT2D eigenvalue weighted by atomic mass is 10.3. The fourth-order valence-corrected chi connectivity index (χ4v) is 1.81. The smallest absolute Gasteiger partial charge is 0.240 e. The maximum absolute atomic E-state index is 6.06. The molecule has 2 rings (SSSR count). The number of anilines is 1. The summed E-state index contributed by atoms with van der Waals surface area (Å²) in [4.78, 5) is 4.21. The van der Waals surface area contributed by atoms with E-state index in [9.17, 15) is 0 Å². The first-order valence-corrected chi connectivity index (χ1v) is 6.78. The van der Waals surface area contributed by atoms with E-state index in [0.29, 0.717) is 33.2 Å². The van der Waals surface area contributed by atoms with Crippen LogP contribution in [0.1, 0.15) is 13.8 Å². The molecule has 0 bridgehead atoms. The second kappa shape index (κ2) is 6.20. The molecule has 0 aliphatic carbocycles. The number of nitrogens with zero attached hydrogens (tertiary/aromatic N) is 1. The number of rotatable bonds is 4. The zero-order valence-corrected chi connectivity index (χ0v) is 12.6. The van der Waals surface area contributed by atoms with Crippen LogP contribution in [-0.4, -0.2) is 11.1 Å². The number of hydrogen-bond donors (Lipinski definition) is 1. The Kier molecular flexibility index (Phi) is 4.57. The average Bonchev–Trinajstić information content (AvgIpc) is 2.38. The molecule has 106 valence electrons. The van der Waals surface area contributed by atoms with Gasteiger partial charge in [0.05, 0.1) is 16.8 Å². The highest BCUT2D eigenvalue weighted by Crippen LogP contribution is 2.35. The molecule has 2 aromatic rings. The van der Waals surface area contributed by atoms with Gasteiger partial charge in [0.15, 0.2) is 0 Å². The number of ether oxygens (including phenoxy) is 2. The van der Waals surface area contributed by atoms with Gasteiger partial charge in [0.25, 0.3) is 0 Å². The summed E-state index contributed by atoms with van der Waals surface area (Å²) in [6, 6.07) is 8.43. The third kappa shape index (κ3) is 3.46. The van der Waals surface area contributed by atoms with Gasteiger partial charge in [0, 0.05) is 6.07 Å². The third-order valence-electron chi connectivity index (χ3n) is 2.34. The van der Waals surface area contributed by atoms with Crippen molar-refractivity contribution in [1.29, 1.82) is 0 Å². The lowest BCUT2D eigenvalue weighted by Gasteiger charge is -2.13. The van der Waals surface area contributed by atoms with Gasteiger partial charge in [-0.05, 0) is 32.0 Å². The van der Waals surface area contributed by atoms with Crippen molar-refractivity contribution >= 4 is 28.9 Å². The minimum absolute atomic E-state index is 0.0326. The van der Waals surface area contributed by atoms with Gasteiger partial charge >= 0.3 is 0 Å². The first-order chi connectivity index (χ1) is 9.47. The average molecular weight is 313 g/mol. The molecule has 0 saturated carbocycles. The number of pyridine rings is 1. The molecule has 0 aliphatic rings. The second-order valence-corrected chi connectivity index (χ2v) is 5.15. The molecule has 0 radical (unpaired) electrons. The van der Waals surface area contributed by atoms with Gasteiger partial charge in [0.2, 0.25) is 11.8 Å². The highest BCUT2D eigenvalue weighted by Gasteiger charge is 2.10. The van der Waals surface area contributed by atoms with Gasteiger partial charge < -0.3 is 15.2 Å². The molecule has 2 N–H and O–H groups in total. The van der Waals surface area contributed by atoms with Crippen LogP contribution in [0.2, 0.25) is 10.0 Å². The standard InChI is InChI=1S/C14H14Cl2N2O2/c1-8(2)19-14-10(17)6-7-12(18-14)20-11-5-3-4-9(15)13(11)16/h3-8H,17H2,1-2H3. The molecule has 0 amide bonds. The molecule has 0 fully saturated rings. The Bertz CT molecular complexity index is 618. The summed E-state index contributed by atoms with van der Waals surface area (Å²) in [6.07, 6.45) is -0.0326. The van der Waals surface area contributed by atoms with Gasteiger partial charge in [-0.1, -0.05) is 29.3 Å². The van der Waals surface area contributed by atoms with E-state index >= 15 is 0 Å². The highest BCUT2D eigenvalue weighted by atomic mass is 35.5. The van der Waals surface area contributed by atoms with E-state index in [1.165, 1.54) is 0 Å². The molecule has 4 nitrogen and oxygen atoms in total. The van der Waals surface area contributed by atoms with Crippen molar-refractivity contribution in [3.05, 3.63) is 40.4 Å². The zero-order chi connectivity index (χ0) is 14.7. The lowest BCUT2D eigenvalue weighted by molar-refractivity contribution is 0.232. The number of benzene rings is 1. The molecule has 0 aliphatic heterocycles. The van der Waals surface area contributed by atoms with E-state index < -0.39 is 0 Å². The minimum atomic E-state index is -0.0326. The number of hydrogen-bond acceptors (Lipinski definition) is 4. The van der Waals surface area contributed by atoms with Gasteiger partial charge in [-0.15, -0.1) is 0 Å². The fourth-order valence-electron chi connectivity index (χ4n) is 1.48. The van der Waals surface area contributed by atoms with Gasteiger partial charge in [-0.2, -0.15) is 4.98 Å². The van der Waals surface area contributed by atoms with E-state index in [1.807, 2.05) is 13.8 Å². The quantitative estimate of drug-likeness (QED) is 0.899. The van der Waals surface area contributed by atoms with Crippen LogP contribution in [0, 0.1) is 0 Å². The normalized spacial score (nSPS) is 10.7. The Balaban J connectivity index is 2.27. The Labute approximate surface area is 127 Å². The predicted octanol–water partition coefficient (Wildman–Crippen LogP) is 4.55. The predicted molar refractivity (Wildman–Crippen MR) is 80.9 cm³/mol. The molecule has 0 saturated heterocycles. The topological polar surface area (TPSA) is 57.4 Å². The number of nitrogen functional groups attached to an aromatic ring is 1. The molecule has 1 heterocycles. The van der Waals surface area contributed by atoms with Crippen LogP contribution in [0.3, 0.4) is 0 Å². The summed E-state index contributed by atoms with van der Waals surface area (Å²) in [7, 11) is 0. The van der Waals surface area contributed by atoms with E-state index in [1.54, 1.807) is 30.3 Å². The second-order valence-electron chi connectivity index (χ2n) is 4.36. The first-order valence-electron chi connectivity index (χ1n) is 6.02. The van der Waals surface area contributed by atoms with E-state index in [-0.39, 0.29) is 6.10 Å². The molecule has 1 aromatic carbocycles. The van der Waals surface area contributed by atoms with Crippen LogP contribution >= 0.6 is 23.2 Å². The minimum Gasteiger partial charge on any atom is -0.473 e. The lowest BCUT2D eigenvalue weighted by Crippen LogP contribution is -2.09. The molecule has 0 spiro atoms. The van der Waals surface area contributed by atoms with E-state index in [2.05, 4.69) is 4.98 Å². The Morgan fingerprint density at radius 3 is 2.60 bits per heavy atom. The molecule has 20 heavy (non-hydrogen) atoms.